The quantitative estimate of drug-likeness (QED) is 0.503. The monoisotopic (exact) mass is 419 g/mol. The molecule has 10 heteroatoms. The molecular formula is C19H25N5O4S. The molecule has 1 saturated heterocycles. The Hall–Kier alpha value is -2.75. The molecule has 3 heterocycles. The zero-order chi connectivity index (χ0) is 20.8. The molecule has 0 saturated carbocycles. The lowest BCUT2D eigenvalue weighted by Gasteiger charge is -2.30. The van der Waals surface area contributed by atoms with Crippen LogP contribution in [0.1, 0.15) is 47.2 Å². The van der Waals surface area contributed by atoms with Gasteiger partial charge in [-0.2, -0.15) is 5.10 Å². The molecule has 0 radical (unpaired) electrons. The number of H-pyrrole nitrogens is 1. The first-order chi connectivity index (χ1) is 14.0. The second kappa shape index (κ2) is 9.64. The molecule has 0 unspecified atom stereocenters. The maximum absolute atomic E-state index is 12.8. The van der Waals surface area contributed by atoms with Crippen LogP contribution >= 0.6 is 11.3 Å². The first kappa shape index (κ1) is 21.0. The van der Waals surface area contributed by atoms with E-state index in [1.54, 1.807) is 16.2 Å². The van der Waals surface area contributed by atoms with Crippen molar-refractivity contribution in [3.63, 3.8) is 0 Å². The summed E-state index contributed by atoms with van der Waals surface area (Å²) >= 11 is 1.67. The minimum absolute atomic E-state index is 0.00429. The van der Waals surface area contributed by atoms with Crippen LogP contribution in [0.15, 0.2) is 17.5 Å². The van der Waals surface area contributed by atoms with E-state index in [0.717, 1.165) is 6.42 Å². The summed E-state index contributed by atoms with van der Waals surface area (Å²) in [7, 11) is 0. The summed E-state index contributed by atoms with van der Waals surface area (Å²) in [6, 6.07) is 4.03. The van der Waals surface area contributed by atoms with Crippen molar-refractivity contribution in [3.8, 4) is 0 Å². The van der Waals surface area contributed by atoms with Crippen LogP contribution in [0.25, 0.3) is 0 Å². The Labute approximate surface area is 172 Å². The van der Waals surface area contributed by atoms with Crippen LogP contribution in [0.5, 0.6) is 0 Å². The smallest absolute Gasteiger partial charge is 0.322 e. The number of nitrogens with one attached hydrogen (secondary N) is 2. The van der Waals surface area contributed by atoms with E-state index in [1.165, 1.54) is 4.88 Å². The molecule has 3 rings (SSSR count). The zero-order valence-corrected chi connectivity index (χ0v) is 17.2. The largest absolute Gasteiger partial charge is 0.355 e. The molecule has 156 valence electrons. The third kappa shape index (κ3) is 5.00. The van der Waals surface area contributed by atoms with Crippen molar-refractivity contribution in [1.82, 2.24) is 20.4 Å². The van der Waals surface area contributed by atoms with Gasteiger partial charge in [0.05, 0.1) is 4.92 Å². The number of aromatic nitrogens is 2. The Balaban J connectivity index is 1.53. The molecule has 2 amide bonds. The van der Waals surface area contributed by atoms with Crippen molar-refractivity contribution in [2.24, 2.45) is 5.92 Å². The molecule has 1 aliphatic rings. The van der Waals surface area contributed by atoms with Crippen molar-refractivity contribution < 1.29 is 14.5 Å². The van der Waals surface area contributed by atoms with E-state index in [2.05, 4.69) is 15.5 Å². The second-order valence-electron chi connectivity index (χ2n) is 7.09. The molecule has 1 fully saturated rings. The van der Waals surface area contributed by atoms with Gasteiger partial charge in [-0.3, -0.25) is 24.8 Å². The molecule has 0 aliphatic carbocycles. The van der Waals surface area contributed by atoms with Crippen LogP contribution in [0.4, 0.5) is 5.69 Å². The van der Waals surface area contributed by atoms with Gasteiger partial charge < -0.3 is 10.2 Å². The van der Waals surface area contributed by atoms with E-state index in [-0.39, 0.29) is 23.2 Å². The number of nitrogens with zero attached hydrogens (tertiary/aromatic N) is 3. The third-order valence-corrected chi connectivity index (χ3v) is 6.04. The van der Waals surface area contributed by atoms with Gasteiger partial charge in [0.15, 0.2) is 0 Å². The van der Waals surface area contributed by atoms with Gasteiger partial charge in [-0.25, -0.2) is 0 Å². The van der Waals surface area contributed by atoms with Crippen LogP contribution in [-0.2, 0) is 17.6 Å². The molecular weight excluding hydrogens is 394 g/mol. The maximum Gasteiger partial charge on any atom is 0.322 e. The van der Waals surface area contributed by atoms with E-state index in [9.17, 15) is 19.7 Å². The molecule has 9 nitrogen and oxygen atoms in total. The molecule has 1 aliphatic heterocycles. The topological polar surface area (TPSA) is 121 Å². The van der Waals surface area contributed by atoms with Crippen LogP contribution < -0.4 is 5.32 Å². The van der Waals surface area contributed by atoms with Crippen molar-refractivity contribution in [2.45, 2.75) is 39.0 Å². The Morgan fingerprint density at radius 1 is 1.38 bits per heavy atom. The number of likely N-dealkylation sites (tertiary alicyclic amines) is 1. The van der Waals surface area contributed by atoms with Crippen molar-refractivity contribution >= 4 is 28.8 Å². The summed E-state index contributed by atoms with van der Waals surface area (Å²) in [5.41, 5.74) is 0.00319. The zero-order valence-electron chi connectivity index (χ0n) is 16.3. The predicted molar refractivity (Wildman–Crippen MR) is 109 cm³/mol. The maximum atomic E-state index is 12.8. The fourth-order valence-electron chi connectivity index (χ4n) is 3.54. The fourth-order valence-corrected chi connectivity index (χ4v) is 4.25. The molecule has 2 aromatic rings. The molecule has 29 heavy (non-hydrogen) atoms. The standard InChI is InChI=1S/C19H25N5O4S/c1-2-4-15-17(24(27)28)16(22-21-15)19(26)23-10-7-13(8-11-23)18(25)20-9-6-14-5-3-12-29-14/h3,5,12-13H,2,4,6-11H2,1H3,(H,20,25)(H,21,22). The lowest BCUT2D eigenvalue weighted by molar-refractivity contribution is -0.385. The number of aryl methyl sites for hydroxylation is 1. The summed E-state index contributed by atoms with van der Waals surface area (Å²) < 4.78 is 0. The Kier molecular flexibility index (Phi) is 6.97. The van der Waals surface area contributed by atoms with Crippen molar-refractivity contribution in [3.05, 3.63) is 43.9 Å². The molecule has 0 atom stereocenters. The van der Waals surface area contributed by atoms with E-state index in [4.69, 9.17) is 0 Å². The fraction of sp³-hybridized carbons (Fsp3) is 0.526. The normalized spacial score (nSPS) is 14.7. The molecule has 0 bridgehead atoms. The molecule has 0 spiro atoms. The second-order valence-corrected chi connectivity index (χ2v) is 8.13. The van der Waals surface area contributed by atoms with Crippen molar-refractivity contribution in [2.75, 3.05) is 19.6 Å². The van der Waals surface area contributed by atoms with Crippen LogP contribution in [0.2, 0.25) is 0 Å². The summed E-state index contributed by atoms with van der Waals surface area (Å²) in [5, 5.41) is 22.9. The van der Waals surface area contributed by atoms with Gasteiger partial charge >= 0.3 is 5.69 Å². The lowest BCUT2D eigenvalue weighted by Crippen LogP contribution is -2.43. The van der Waals surface area contributed by atoms with Crippen LogP contribution in [0, 0.1) is 16.0 Å². The number of nitro groups is 1. The molecule has 2 N–H and O–H groups in total. The minimum Gasteiger partial charge on any atom is -0.355 e. The number of aromatic amines is 1. The number of carbonyl (C=O) groups excluding carboxylic acids is 2. The third-order valence-electron chi connectivity index (χ3n) is 5.10. The van der Waals surface area contributed by atoms with Gasteiger partial charge in [-0.05, 0) is 37.1 Å². The number of hydrogen-bond acceptors (Lipinski definition) is 6. The highest BCUT2D eigenvalue weighted by atomic mass is 32.1. The van der Waals surface area contributed by atoms with Gasteiger partial charge in [0.1, 0.15) is 5.69 Å². The van der Waals surface area contributed by atoms with Crippen LogP contribution in [-0.4, -0.2) is 51.5 Å². The van der Waals surface area contributed by atoms with Crippen molar-refractivity contribution in [1.29, 1.82) is 0 Å². The van der Waals surface area contributed by atoms with E-state index in [1.807, 2.05) is 24.4 Å². The highest BCUT2D eigenvalue weighted by Crippen LogP contribution is 2.26. The van der Waals surface area contributed by atoms with Gasteiger partial charge in [0.2, 0.25) is 11.6 Å². The minimum atomic E-state index is -0.546. The number of hydrogen-bond donors (Lipinski definition) is 2. The van der Waals surface area contributed by atoms with Gasteiger partial charge in [0, 0.05) is 30.4 Å². The summed E-state index contributed by atoms with van der Waals surface area (Å²) in [6.45, 7) is 3.27. The Bertz CT molecular complexity index is 856. The number of rotatable bonds is 8. The van der Waals surface area contributed by atoms with E-state index in [0.29, 0.717) is 51.0 Å². The number of piperidine rings is 1. The highest BCUT2D eigenvalue weighted by molar-refractivity contribution is 7.09. The average Bonchev–Trinajstić information content (AvgIpc) is 3.38. The van der Waals surface area contributed by atoms with E-state index >= 15 is 0 Å². The first-order valence-corrected chi connectivity index (χ1v) is 10.7. The SMILES string of the molecule is CCCc1[nH]nc(C(=O)N2CCC(C(=O)NCCc3cccs3)CC2)c1[N+](=O)[O-]. The first-order valence-electron chi connectivity index (χ1n) is 9.82. The molecule has 2 aromatic heterocycles. The predicted octanol–water partition coefficient (Wildman–Crippen LogP) is 2.54. The number of carbonyl (C=O) groups is 2. The Morgan fingerprint density at radius 2 is 2.14 bits per heavy atom. The van der Waals surface area contributed by atoms with Gasteiger partial charge in [-0.15, -0.1) is 11.3 Å². The summed E-state index contributed by atoms with van der Waals surface area (Å²) in [5.74, 6) is -0.594. The van der Waals surface area contributed by atoms with Crippen LogP contribution in [0.3, 0.4) is 0 Å². The van der Waals surface area contributed by atoms with Gasteiger partial charge in [-0.1, -0.05) is 19.4 Å². The summed E-state index contributed by atoms with van der Waals surface area (Å²) in [6.07, 6.45) is 3.06. The Morgan fingerprint density at radius 3 is 2.76 bits per heavy atom. The number of thiophene rings is 1. The van der Waals surface area contributed by atoms with E-state index < -0.39 is 10.8 Å². The lowest BCUT2D eigenvalue weighted by atomic mass is 9.95. The average molecular weight is 420 g/mol. The van der Waals surface area contributed by atoms with Gasteiger partial charge in [0.25, 0.3) is 5.91 Å². The highest BCUT2D eigenvalue weighted by Gasteiger charge is 2.34. The summed E-state index contributed by atoms with van der Waals surface area (Å²) in [4.78, 5) is 38.8. The number of amides is 2. The molecule has 0 aromatic carbocycles.